The predicted molar refractivity (Wildman–Crippen MR) is 82.3 cm³/mol. The van der Waals surface area contributed by atoms with Crippen molar-refractivity contribution in [1.82, 2.24) is 10.3 Å². The fourth-order valence-electron chi connectivity index (χ4n) is 1.98. The van der Waals surface area contributed by atoms with Crippen LogP contribution in [0.4, 0.5) is 10.5 Å². The number of carbonyl (C=O) groups is 2. The van der Waals surface area contributed by atoms with Crippen LogP contribution < -0.4 is 34.9 Å². The Labute approximate surface area is 163 Å². The van der Waals surface area contributed by atoms with Gasteiger partial charge in [-0.3, -0.25) is 20.2 Å². The summed E-state index contributed by atoms with van der Waals surface area (Å²) in [6, 6.07) is 8.63. The average Bonchev–Trinajstić information content (AvgIpc) is 3.11. The number of urea groups is 1. The molecule has 124 valence electrons. The van der Waals surface area contributed by atoms with E-state index >= 15 is 0 Å². The number of furan rings is 1. The van der Waals surface area contributed by atoms with Gasteiger partial charge >= 0.3 is 35.6 Å². The zero-order valence-electron chi connectivity index (χ0n) is 13.1. The molecular formula is C14H12N4NaO6+. The number of imide groups is 1. The second-order valence-corrected chi connectivity index (χ2v) is 4.66. The van der Waals surface area contributed by atoms with Crippen LogP contribution in [0.2, 0.25) is 0 Å². The Morgan fingerprint density at radius 3 is 2.44 bits per heavy atom. The van der Waals surface area contributed by atoms with Gasteiger partial charge in [0.25, 0.3) is 5.69 Å². The maximum atomic E-state index is 11.3. The molecule has 0 bridgehead atoms. The van der Waals surface area contributed by atoms with Crippen molar-refractivity contribution in [3.63, 3.8) is 0 Å². The predicted octanol–water partition coefficient (Wildman–Crippen LogP) is -2.08. The summed E-state index contributed by atoms with van der Waals surface area (Å²) in [4.78, 5) is 32.5. The number of nitrogens with one attached hydrogen (secondary N) is 1. The molecule has 10 nitrogen and oxygen atoms in total. The quantitative estimate of drug-likeness (QED) is 0.220. The van der Waals surface area contributed by atoms with Crippen molar-refractivity contribution in [1.29, 1.82) is 0 Å². The van der Waals surface area contributed by atoms with Gasteiger partial charge in [0, 0.05) is 17.7 Å². The van der Waals surface area contributed by atoms with E-state index in [1.165, 1.54) is 18.3 Å². The van der Waals surface area contributed by atoms with E-state index in [1.54, 1.807) is 24.3 Å². The molecule has 1 aromatic carbocycles. The van der Waals surface area contributed by atoms with Crippen LogP contribution in [0.25, 0.3) is 11.3 Å². The van der Waals surface area contributed by atoms with Gasteiger partial charge in [-0.15, -0.1) is 0 Å². The van der Waals surface area contributed by atoms with E-state index in [-0.39, 0.29) is 47.3 Å². The molecule has 25 heavy (non-hydrogen) atoms. The molecule has 3 N–H and O–H groups in total. The fraction of sp³-hybridized carbons (Fsp3) is 0.0714. The third-order valence-electron chi connectivity index (χ3n) is 3.09. The molecule has 0 spiro atoms. The third-order valence-corrected chi connectivity index (χ3v) is 3.09. The van der Waals surface area contributed by atoms with Gasteiger partial charge in [-0.2, -0.15) is 5.10 Å². The molecule has 0 unspecified atom stereocenters. The summed E-state index contributed by atoms with van der Waals surface area (Å²) < 4.78 is 5.53. The minimum Gasteiger partial charge on any atom is -0.455 e. The summed E-state index contributed by atoms with van der Waals surface area (Å²) in [5.74, 6) is 0.465. The number of nitro groups is 1. The molecule has 2 aromatic rings. The minimum absolute atomic E-state index is 0. The van der Waals surface area contributed by atoms with E-state index in [1.807, 2.05) is 0 Å². The summed E-state index contributed by atoms with van der Waals surface area (Å²) >= 11 is 0. The van der Waals surface area contributed by atoms with Crippen molar-refractivity contribution in [3.05, 3.63) is 52.3 Å². The number of hydrogen-bond acceptors (Lipinski definition) is 6. The van der Waals surface area contributed by atoms with E-state index in [0.717, 1.165) is 5.01 Å². The van der Waals surface area contributed by atoms with Gasteiger partial charge in [0.1, 0.15) is 18.1 Å². The minimum atomic E-state index is -0.589. The fourth-order valence-corrected chi connectivity index (χ4v) is 1.98. The number of amides is 3. The first-order valence-electron chi connectivity index (χ1n) is 6.53. The Morgan fingerprint density at radius 2 is 1.88 bits per heavy atom. The molecule has 1 saturated heterocycles. The van der Waals surface area contributed by atoms with Crippen LogP contribution in [0.15, 0.2) is 45.9 Å². The Kier molecular flexibility index (Phi) is 7.00. The SMILES string of the molecule is O.O=C1CN(N=Cc2ccc(-c3ccc([N+](=O)[O-])cc3)o2)C(=O)N1.[Na+]. The maximum absolute atomic E-state index is 11.3. The molecule has 1 aromatic heterocycles. The van der Waals surface area contributed by atoms with Gasteiger partial charge in [0.2, 0.25) is 5.91 Å². The second-order valence-electron chi connectivity index (χ2n) is 4.66. The summed E-state index contributed by atoms with van der Waals surface area (Å²) in [6.45, 7) is -0.134. The second kappa shape index (κ2) is 8.53. The Balaban J connectivity index is 0.00000156. The Bertz CT molecular complexity index is 817. The van der Waals surface area contributed by atoms with Crippen LogP contribution in [0.5, 0.6) is 0 Å². The molecule has 2 heterocycles. The number of nitro benzene ring substituents is 1. The molecule has 0 radical (unpaired) electrons. The number of rotatable bonds is 4. The molecule has 0 saturated carbocycles. The van der Waals surface area contributed by atoms with Crippen molar-refractivity contribution in [2.75, 3.05) is 6.54 Å². The van der Waals surface area contributed by atoms with Crippen molar-refractivity contribution in [2.45, 2.75) is 0 Å². The smallest absolute Gasteiger partial charge is 0.455 e. The summed E-state index contributed by atoms with van der Waals surface area (Å²) in [5.41, 5.74) is 0.663. The molecule has 3 rings (SSSR count). The normalized spacial score (nSPS) is 13.4. The van der Waals surface area contributed by atoms with Crippen molar-refractivity contribution in [3.8, 4) is 11.3 Å². The number of benzene rings is 1. The molecule has 0 atom stereocenters. The molecule has 3 amide bonds. The number of hydrogen-bond donors (Lipinski definition) is 1. The van der Waals surface area contributed by atoms with Crippen LogP contribution in [0.1, 0.15) is 5.76 Å². The van der Waals surface area contributed by atoms with Crippen LogP contribution in [0.3, 0.4) is 0 Å². The molecular weight excluding hydrogens is 343 g/mol. The first-order chi connectivity index (χ1) is 11.0. The van der Waals surface area contributed by atoms with Crippen molar-refractivity contribution in [2.24, 2.45) is 5.10 Å². The summed E-state index contributed by atoms with van der Waals surface area (Å²) in [6.07, 6.45) is 1.31. The first kappa shape index (κ1) is 20.5. The number of carbonyl (C=O) groups excluding carboxylic acids is 2. The van der Waals surface area contributed by atoms with Gasteiger partial charge in [-0.1, -0.05) is 0 Å². The number of nitrogens with zero attached hydrogens (tertiary/aromatic N) is 3. The Morgan fingerprint density at radius 1 is 1.20 bits per heavy atom. The van der Waals surface area contributed by atoms with Gasteiger partial charge in [0.05, 0.1) is 11.1 Å². The van der Waals surface area contributed by atoms with Gasteiger partial charge in [-0.05, 0) is 24.3 Å². The molecule has 1 aliphatic rings. The van der Waals surface area contributed by atoms with Crippen LogP contribution >= 0.6 is 0 Å². The largest absolute Gasteiger partial charge is 1.00 e. The van der Waals surface area contributed by atoms with Crippen LogP contribution in [0, 0.1) is 10.1 Å². The first-order valence-corrected chi connectivity index (χ1v) is 6.53. The van der Waals surface area contributed by atoms with E-state index in [0.29, 0.717) is 17.1 Å². The average molecular weight is 355 g/mol. The number of hydrazone groups is 1. The summed E-state index contributed by atoms with van der Waals surface area (Å²) in [7, 11) is 0. The zero-order chi connectivity index (χ0) is 16.4. The van der Waals surface area contributed by atoms with E-state index in [9.17, 15) is 19.7 Å². The van der Waals surface area contributed by atoms with Crippen molar-refractivity contribution >= 4 is 23.8 Å². The van der Waals surface area contributed by atoms with Gasteiger partial charge in [-0.25, -0.2) is 9.80 Å². The molecule has 1 fully saturated rings. The topological polar surface area (TPSA) is 150 Å². The monoisotopic (exact) mass is 355 g/mol. The van der Waals surface area contributed by atoms with E-state index < -0.39 is 16.9 Å². The summed E-state index contributed by atoms with van der Waals surface area (Å²) in [5, 5.41) is 17.6. The van der Waals surface area contributed by atoms with E-state index in [4.69, 9.17) is 4.42 Å². The standard InChI is InChI=1S/C14H10N4O5.Na.H2O/c19-13-8-17(14(20)16-13)15-7-11-5-6-12(23-11)9-1-3-10(4-2-9)18(21)22;;/h1-7H,8H2,(H,16,19,20);;1H2/q;+1;. The van der Waals surface area contributed by atoms with Gasteiger partial charge in [0.15, 0.2) is 0 Å². The van der Waals surface area contributed by atoms with Crippen LogP contribution in [-0.4, -0.2) is 40.1 Å². The van der Waals surface area contributed by atoms with Gasteiger partial charge < -0.3 is 9.89 Å². The third kappa shape index (κ3) is 4.73. The van der Waals surface area contributed by atoms with Crippen LogP contribution in [-0.2, 0) is 4.79 Å². The van der Waals surface area contributed by atoms with E-state index in [2.05, 4.69) is 10.4 Å². The Hall–Kier alpha value is -2.53. The number of non-ortho nitro benzene ring substituents is 1. The molecule has 0 aliphatic carbocycles. The zero-order valence-corrected chi connectivity index (χ0v) is 15.1. The maximum Gasteiger partial charge on any atom is 1.00 e. The molecule has 1 aliphatic heterocycles. The molecule has 11 heteroatoms. The van der Waals surface area contributed by atoms with Crippen molar-refractivity contribution < 1.29 is 54.0 Å².